The Morgan fingerprint density at radius 1 is 1.08 bits per heavy atom. The molecule has 0 bridgehead atoms. The van der Waals surface area contributed by atoms with Gasteiger partial charge in [-0.25, -0.2) is 8.42 Å². The van der Waals surface area contributed by atoms with Gasteiger partial charge in [0.15, 0.2) is 0 Å². The van der Waals surface area contributed by atoms with E-state index in [0.717, 1.165) is 17.4 Å². The van der Waals surface area contributed by atoms with Gasteiger partial charge in [-0.1, -0.05) is 24.3 Å². The lowest BCUT2D eigenvalue weighted by Gasteiger charge is -2.09. The third-order valence-corrected chi connectivity index (χ3v) is 3.82. The summed E-state index contributed by atoms with van der Waals surface area (Å²) in [5, 5.41) is 2.81. The number of carbonyl (C=O) groups is 1. The van der Waals surface area contributed by atoms with Gasteiger partial charge >= 0.3 is 0 Å². The molecule has 1 amide bonds. The molecule has 0 aliphatic rings. The van der Waals surface area contributed by atoms with Crippen molar-refractivity contribution >= 4 is 21.6 Å². The zero-order valence-corrected chi connectivity index (χ0v) is 14.4. The summed E-state index contributed by atoms with van der Waals surface area (Å²) in [7, 11) is -1.71. The van der Waals surface area contributed by atoms with Crippen molar-refractivity contribution in [3.8, 4) is 0 Å². The molecule has 0 aliphatic carbocycles. The van der Waals surface area contributed by atoms with Gasteiger partial charge in [-0.3, -0.25) is 9.52 Å². The van der Waals surface area contributed by atoms with Crippen LogP contribution in [0.1, 0.15) is 21.5 Å². The summed E-state index contributed by atoms with van der Waals surface area (Å²) in [6.07, 6.45) is 1.09. The minimum atomic E-state index is -3.32. The number of anilines is 1. The monoisotopic (exact) mass is 348 g/mol. The number of hydrogen-bond donors (Lipinski definition) is 2. The molecule has 2 aromatic rings. The maximum Gasteiger partial charge on any atom is 0.251 e. The molecule has 0 saturated carbocycles. The second-order valence-corrected chi connectivity index (χ2v) is 7.14. The van der Waals surface area contributed by atoms with Gasteiger partial charge in [0.25, 0.3) is 5.91 Å². The van der Waals surface area contributed by atoms with Gasteiger partial charge in [0.05, 0.1) is 12.9 Å². The van der Waals surface area contributed by atoms with Gasteiger partial charge in [-0.15, -0.1) is 0 Å². The lowest BCUT2D eigenvalue weighted by molar-refractivity contribution is 0.0951. The predicted octanol–water partition coefficient (Wildman–Crippen LogP) is 2.13. The maximum atomic E-state index is 12.1. The van der Waals surface area contributed by atoms with Crippen LogP contribution in [0.2, 0.25) is 0 Å². The number of carbonyl (C=O) groups excluding carboxylic acids is 1. The van der Waals surface area contributed by atoms with E-state index in [1.54, 1.807) is 37.4 Å². The van der Waals surface area contributed by atoms with Crippen molar-refractivity contribution in [3.63, 3.8) is 0 Å². The van der Waals surface area contributed by atoms with Gasteiger partial charge < -0.3 is 10.1 Å². The first-order valence-corrected chi connectivity index (χ1v) is 9.19. The van der Waals surface area contributed by atoms with Crippen molar-refractivity contribution in [2.75, 3.05) is 18.1 Å². The molecule has 0 radical (unpaired) electrons. The van der Waals surface area contributed by atoms with E-state index in [-0.39, 0.29) is 5.91 Å². The van der Waals surface area contributed by atoms with Crippen molar-refractivity contribution in [3.05, 3.63) is 65.2 Å². The van der Waals surface area contributed by atoms with Crippen LogP contribution in [-0.2, 0) is 27.9 Å². The van der Waals surface area contributed by atoms with E-state index in [1.807, 2.05) is 18.2 Å². The quantitative estimate of drug-likeness (QED) is 0.803. The number of benzene rings is 2. The minimum absolute atomic E-state index is 0.194. The van der Waals surface area contributed by atoms with E-state index < -0.39 is 10.0 Å². The van der Waals surface area contributed by atoms with Crippen LogP contribution in [0.25, 0.3) is 0 Å². The van der Waals surface area contributed by atoms with Gasteiger partial charge in [0, 0.05) is 24.9 Å². The van der Waals surface area contributed by atoms with Gasteiger partial charge in [-0.2, -0.15) is 0 Å². The normalized spacial score (nSPS) is 11.1. The Hall–Kier alpha value is -2.38. The van der Waals surface area contributed by atoms with Crippen LogP contribution >= 0.6 is 0 Å². The molecule has 0 spiro atoms. The highest BCUT2D eigenvalue weighted by molar-refractivity contribution is 7.92. The Kier molecular flexibility index (Phi) is 5.94. The predicted molar refractivity (Wildman–Crippen MR) is 93.2 cm³/mol. The summed E-state index contributed by atoms with van der Waals surface area (Å²) in [4.78, 5) is 12.1. The molecule has 0 heterocycles. The van der Waals surface area contributed by atoms with Crippen LogP contribution < -0.4 is 10.0 Å². The molecule has 0 aromatic heterocycles. The summed E-state index contributed by atoms with van der Waals surface area (Å²) in [5.41, 5.74) is 2.81. The molecule has 24 heavy (non-hydrogen) atoms. The third-order valence-electron chi connectivity index (χ3n) is 3.21. The number of amides is 1. The molecule has 0 unspecified atom stereocenters. The Bertz CT molecular complexity index is 802. The zero-order valence-electron chi connectivity index (χ0n) is 13.6. The molecule has 2 N–H and O–H groups in total. The van der Waals surface area contributed by atoms with E-state index in [9.17, 15) is 13.2 Å². The molecule has 0 atom stereocenters. The van der Waals surface area contributed by atoms with Gasteiger partial charge in [0.1, 0.15) is 0 Å². The van der Waals surface area contributed by atoms with Gasteiger partial charge in [0.2, 0.25) is 10.0 Å². The van der Waals surface area contributed by atoms with E-state index in [2.05, 4.69) is 10.0 Å². The van der Waals surface area contributed by atoms with Crippen LogP contribution in [0.15, 0.2) is 48.5 Å². The van der Waals surface area contributed by atoms with Crippen molar-refractivity contribution in [2.24, 2.45) is 0 Å². The number of ether oxygens (including phenoxy) is 1. The Balaban J connectivity index is 1.97. The summed E-state index contributed by atoms with van der Waals surface area (Å²) in [5.74, 6) is -0.194. The molecule has 128 valence electrons. The van der Waals surface area contributed by atoms with Crippen LogP contribution in [-0.4, -0.2) is 27.7 Å². The fourth-order valence-corrected chi connectivity index (χ4v) is 2.72. The second kappa shape index (κ2) is 7.94. The van der Waals surface area contributed by atoms with E-state index in [0.29, 0.717) is 24.4 Å². The van der Waals surface area contributed by atoms with Crippen LogP contribution in [0.5, 0.6) is 0 Å². The fraction of sp³-hybridized carbons (Fsp3) is 0.235. The van der Waals surface area contributed by atoms with Gasteiger partial charge in [-0.05, 0) is 35.4 Å². The number of nitrogens with one attached hydrogen (secondary N) is 2. The lowest BCUT2D eigenvalue weighted by Crippen LogP contribution is -2.22. The molecule has 2 aromatic carbocycles. The molecule has 7 heteroatoms. The molecule has 2 rings (SSSR count). The van der Waals surface area contributed by atoms with Crippen molar-refractivity contribution in [1.29, 1.82) is 0 Å². The standard InChI is InChI=1S/C17H20N2O4S/c1-23-12-13-6-8-15(9-7-13)17(20)18-11-14-4-3-5-16(10-14)19-24(2,21)22/h3-10,19H,11-12H2,1-2H3,(H,18,20). The first-order chi connectivity index (χ1) is 11.4. The molecule has 0 saturated heterocycles. The maximum absolute atomic E-state index is 12.1. The minimum Gasteiger partial charge on any atom is -0.380 e. The van der Waals surface area contributed by atoms with Crippen molar-refractivity contribution < 1.29 is 17.9 Å². The summed E-state index contributed by atoms with van der Waals surface area (Å²) < 4.78 is 29.9. The highest BCUT2D eigenvalue weighted by atomic mass is 32.2. The average molecular weight is 348 g/mol. The topological polar surface area (TPSA) is 84.5 Å². The molecule has 0 fully saturated rings. The smallest absolute Gasteiger partial charge is 0.251 e. The third kappa shape index (κ3) is 5.68. The summed E-state index contributed by atoms with van der Waals surface area (Å²) >= 11 is 0. The largest absolute Gasteiger partial charge is 0.380 e. The highest BCUT2D eigenvalue weighted by Gasteiger charge is 2.06. The first-order valence-electron chi connectivity index (χ1n) is 7.30. The Morgan fingerprint density at radius 3 is 2.42 bits per heavy atom. The number of rotatable bonds is 7. The zero-order chi connectivity index (χ0) is 17.6. The van der Waals surface area contributed by atoms with Crippen molar-refractivity contribution in [1.82, 2.24) is 5.32 Å². The van der Waals surface area contributed by atoms with E-state index in [1.165, 1.54) is 0 Å². The Morgan fingerprint density at radius 2 is 1.79 bits per heavy atom. The molecular formula is C17H20N2O4S. The average Bonchev–Trinajstić information content (AvgIpc) is 2.52. The Labute approximate surface area is 141 Å². The van der Waals surface area contributed by atoms with Crippen LogP contribution in [0.3, 0.4) is 0 Å². The van der Waals surface area contributed by atoms with Crippen LogP contribution in [0.4, 0.5) is 5.69 Å². The van der Waals surface area contributed by atoms with Crippen LogP contribution in [0, 0.1) is 0 Å². The fourth-order valence-electron chi connectivity index (χ4n) is 2.16. The number of hydrogen-bond acceptors (Lipinski definition) is 4. The second-order valence-electron chi connectivity index (χ2n) is 5.39. The highest BCUT2D eigenvalue weighted by Crippen LogP contribution is 2.12. The SMILES string of the molecule is COCc1ccc(C(=O)NCc2cccc(NS(C)(=O)=O)c2)cc1. The molecular weight excluding hydrogens is 328 g/mol. The lowest BCUT2D eigenvalue weighted by atomic mass is 10.1. The molecule has 0 aliphatic heterocycles. The first kappa shape index (κ1) is 18.0. The summed E-state index contributed by atoms with van der Waals surface area (Å²) in [6.45, 7) is 0.806. The van der Waals surface area contributed by atoms with Crippen molar-refractivity contribution in [2.45, 2.75) is 13.2 Å². The molecule has 6 nitrogen and oxygen atoms in total. The summed E-state index contributed by atoms with van der Waals surface area (Å²) in [6, 6.07) is 14.1. The van der Waals surface area contributed by atoms with E-state index >= 15 is 0 Å². The number of methoxy groups -OCH3 is 1. The number of sulfonamides is 1. The van der Waals surface area contributed by atoms with E-state index in [4.69, 9.17) is 4.74 Å².